The van der Waals surface area contributed by atoms with E-state index in [-0.39, 0.29) is 36.5 Å². The molecule has 0 aromatic carbocycles. The lowest BCUT2D eigenvalue weighted by Crippen LogP contribution is -2.38. The molecule has 1 aromatic rings. The molecular formula is C32H40F6N4O4. The maximum Gasteiger partial charge on any atom is 0.416 e. The molecule has 1 aliphatic heterocycles. The van der Waals surface area contributed by atoms with Crippen molar-refractivity contribution in [2.45, 2.75) is 109 Å². The Labute approximate surface area is 263 Å². The molecule has 2 unspecified atom stereocenters. The molecule has 1 saturated heterocycles. The molecule has 3 aliphatic carbocycles. The van der Waals surface area contributed by atoms with Gasteiger partial charge in [0.15, 0.2) is 5.82 Å². The first-order valence-corrected chi connectivity index (χ1v) is 16.0. The molecule has 4 aliphatic rings. The lowest BCUT2D eigenvalue weighted by Gasteiger charge is -2.34. The van der Waals surface area contributed by atoms with Gasteiger partial charge in [-0.25, -0.2) is 9.78 Å². The number of rotatable bonds is 11. The number of cyclic esters (lactones) is 1. The molecule has 2 heterocycles. The van der Waals surface area contributed by atoms with E-state index < -0.39 is 54.5 Å². The fourth-order valence-electron chi connectivity index (χ4n) is 6.89. The minimum absolute atomic E-state index is 0.0666. The van der Waals surface area contributed by atoms with Crippen molar-refractivity contribution in [1.29, 1.82) is 0 Å². The summed E-state index contributed by atoms with van der Waals surface area (Å²) in [6.07, 6.45) is -3.87. The van der Waals surface area contributed by atoms with E-state index in [1.807, 2.05) is 6.92 Å². The summed E-state index contributed by atoms with van der Waals surface area (Å²) in [4.78, 5) is 37.5. The number of hydrogen-bond donors (Lipinski definition) is 1. The lowest BCUT2D eigenvalue weighted by atomic mass is 9.80. The minimum atomic E-state index is -4.99. The van der Waals surface area contributed by atoms with Gasteiger partial charge in [0.05, 0.1) is 36.0 Å². The number of carbonyl (C=O) groups excluding carboxylic acids is 1. The van der Waals surface area contributed by atoms with Gasteiger partial charge in [-0.2, -0.15) is 26.3 Å². The third-order valence-electron chi connectivity index (χ3n) is 9.54. The van der Waals surface area contributed by atoms with Crippen LogP contribution < -0.4 is 4.90 Å². The fourth-order valence-corrected chi connectivity index (χ4v) is 6.89. The maximum atomic E-state index is 13.6. The Hall–Kier alpha value is -3.32. The summed E-state index contributed by atoms with van der Waals surface area (Å²) in [7, 11) is 0. The lowest BCUT2D eigenvalue weighted by molar-refractivity contribution is -0.163. The number of amides is 1. The monoisotopic (exact) mass is 658 g/mol. The number of carboxylic acids is 1. The molecule has 5 rings (SSSR count). The molecule has 14 heteroatoms. The van der Waals surface area contributed by atoms with Gasteiger partial charge in [-0.1, -0.05) is 13.0 Å². The molecule has 3 atom stereocenters. The van der Waals surface area contributed by atoms with Gasteiger partial charge in [-0.15, -0.1) is 0 Å². The number of alkyl halides is 6. The Bertz CT molecular complexity index is 1350. The van der Waals surface area contributed by atoms with Gasteiger partial charge in [0, 0.05) is 25.4 Å². The van der Waals surface area contributed by atoms with E-state index in [4.69, 9.17) is 19.8 Å². The third-order valence-corrected chi connectivity index (χ3v) is 9.54. The second-order valence-corrected chi connectivity index (χ2v) is 13.1. The number of nitrogens with zero attached hydrogens (tertiary/aromatic N) is 4. The Balaban J connectivity index is 1.37. The van der Waals surface area contributed by atoms with Crippen LogP contribution in [-0.4, -0.2) is 69.6 Å². The summed E-state index contributed by atoms with van der Waals surface area (Å²) < 4.78 is 87.1. The highest BCUT2D eigenvalue weighted by molar-refractivity contribution is 5.72. The van der Waals surface area contributed by atoms with Crippen molar-refractivity contribution in [3.05, 3.63) is 40.9 Å². The minimum Gasteiger partial charge on any atom is -0.481 e. The Morgan fingerprint density at radius 3 is 2.35 bits per heavy atom. The van der Waals surface area contributed by atoms with E-state index in [2.05, 4.69) is 4.90 Å². The van der Waals surface area contributed by atoms with E-state index in [1.54, 1.807) is 13.1 Å². The molecule has 0 radical (unpaired) electrons. The number of anilines is 1. The van der Waals surface area contributed by atoms with Crippen LogP contribution in [0.3, 0.4) is 0 Å². The van der Waals surface area contributed by atoms with E-state index in [0.717, 1.165) is 50.6 Å². The van der Waals surface area contributed by atoms with Crippen LogP contribution >= 0.6 is 0 Å². The molecule has 46 heavy (non-hydrogen) atoms. The van der Waals surface area contributed by atoms with E-state index in [1.165, 1.54) is 4.90 Å². The Morgan fingerprint density at radius 2 is 1.76 bits per heavy atom. The average Bonchev–Trinajstić information content (AvgIpc) is 3.79. The summed E-state index contributed by atoms with van der Waals surface area (Å²) >= 11 is 0. The van der Waals surface area contributed by atoms with E-state index >= 15 is 0 Å². The molecule has 3 fully saturated rings. The summed E-state index contributed by atoms with van der Waals surface area (Å²) in [6.45, 7) is 4.84. The van der Waals surface area contributed by atoms with Gasteiger partial charge in [0.1, 0.15) is 11.8 Å². The molecule has 1 aromatic heterocycles. The quantitative estimate of drug-likeness (QED) is 0.245. The van der Waals surface area contributed by atoms with Gasteiger partial charge in [0.2, 0.25) is 0 Å². The number of ether oxygens (including phenoxy) is 1. The first-order chi connectivity index (χ1) is 21.6. The van der Waals surface area contributed by atoms with Crippen molar-refractivity contribution in [3.8, 4) is 0 Å². The van der Waals surface area contributed by atoms with Crippen molar-refractivity contribution in [3.63, 3.8) is 0 Å². The van der Waals surface area contributed by atoms with E-state index in [9.17, 15) is 35.9 Å². The second kappa shape index (κ2) is 13.4. The molecule has 254 valence electrons. The number of aliphatic carboxylic acids is 1. The molecular weight excluding hydrogens is 618 g/mol. The Morgan fingerprint density at radius 1 is 1.09 bits per heavy atom. The number of carboxylic acid groups (broad SMARTS) is 1. The average molecular weight is 659 g/mol. The van der Waals surface area contributed by atoms with E-state index in [0.29, 0.717) is 36.6 Å². The summed E-state index contributed by atoms with van der Waals surface area (Å²) in [6, 6.07) is -0.858. The second-order valence-electron chi connectivity index (χ2n) is 13.1. The van der Waals surface area contributed by atoms with Gasteiger partial charge < -0.3 is 14.7 Å². The third kappa shape index (κ3) is 7.96. The van der Waals surface area contributed by atoms with Crippen LogP contribution in [0.4, 0.5) is 37.0 Å². The van der Waals surface area contributed by atoms with Crippen molar-refractivity contribution >= 4 is 17.9 Å². The molecule has 0 spiro atoms. The number of carbonyl (C=O) groups is 2. The zero-order valence-electron chi connectivity index (χ0n) is 25.9. The van der Waals surface area contributed by atoms with Gasteiger partial charge in [-0.05, 0) is 81.8 Å². The zero-order chi connectivity index (χ0) is 33.4. The highest BCUT2D eigenvalue weighted by Crippen LogP contribution is 2.44. The SMILES string of the molecule is CCCN(CC1CCC(CC(=O)O)CC1)c1ncc(C2CC2)nc1CN1C(=O)OC(C2=CC(C(F)(F)F)=CC(C(F)(F)F)C2)[C@@H]1C. The molecule has 2 saturated carbocycles. The predicted octanol–water partition coefficient (Wildman–Crippen LogP) is 7.56. The highest BCUT2D eigenvalue weighted by atomic mass is 19.4. The largest absolute Gasteiger partial charge is 0.481 e. The van der Waals surface area contributed by atoms with Gasteiger partial charge >= 0.3 is 24.4 Å². The van der Waals surface area contributed by atoms with Crippen LogP contribution in [0.1, 0.15) is 88.9 Å². The van der Waals surface area contributed by atoms with Crippen LogP contribution in [0.2, 0.25) is 0 Å². The zero-order valence-corrected chi connectivity index (χ0v) is 25.9. The first kappa shape index (κ1) is 34.0. The van der Waals surface area contributed by atoms with Crippen LogP contribution in [-0.2, 0) is 16.1 Å². The standard InChI is InChI=1S/C32H40F6N4O4/c1-3-10-41(16-20-6-4-19(5-7-20)11-27(43)44)29-26(40-25(15-39-29)21-8-9-21)17-42-18(2)28(46-30(42)45)22-12-23(31(33,34)35)14-24(13-22)32(36,37)38/h12,14-15,18-21,24,28H,3-11,13,16-17H2,1-2H3,(H,43,44)/t18-,19?,20?,24?,28?/m0/s1. The topological polar surface area (TPSA) is 95.9 Å². The van der Waals surface area contributed by atoms with Crippen LogP contribution in [0.15, 0.2) is 29.5 Å². The number of hydrogen-bond acceptors (Lipinski definition) is 6. The van der Waals surface area contributed by atoms with Gasteiger partial charge in [0.25, 0.3) is 0 Å². The Kier molecular flexibility index (Phi) is 9.93. The highest BCUT2D eigenvalue weighted by Gasteiger charge is 2.49. The number of allylic oxidation sites excluding steroid dienone is 3. The normalized spacial score (nSPS) is 27.3. The summed E-state index contributed by atoms with van der Waals surface area (Å²) in [5.41, 5.74) is -0.354. The van der Waals surface area contributed by atoms with Crippen molar-refractivity contribution in [1.82, 2.24) is 14.9 Å². The van der Waals surface area contributed by atoms with Crippen molar-refractivity contribution in [2.75, 3.05) is 18.0 Å². The first-order valence-electron chi connectivity index (χ1n) is 16.0. The smallest absolute Gasteiger partial charge is 0.416 e. The van der Waals surface area contributed by atoms with Gasteiger partial charge in [-0.3, -0.25) is 14.7 Å². The molecule has 8 nitrogen and oxygen atoms in total. The molecule has 1 N–H and O–H groups in total. The maximum absolute atomic E-state index is 13.6. The predicted molar refractivity (Wildman–Crippen MR) is 156 cm³/mol. The number of aromatic nitrogens is 2. The molecule has 1 amide bonds. The summed E-state index contributed by atoms with van der Waals surface area (Å²) in [5, 5.41) is 9.17. The van der Waals surface area contributed by atoms with Crippen LogP contribution in [0.5, 0.6) is 0 Å². The summed E-state index contributed by atoms with van der Waals surface area (Å²) in [5.74, 6) is -1.84. The van der Waals surface area contributed by atoms with Crippen LogP contribution in [0, 0.1) is 17.8 Å². The molecule has 0 bridgehead atoms. The van der Waals surface area contributed by atoms with Crippen molar-refractivity contribution < 1.29 is 45.8 Å². The fraction of sp³-hybridized carbons (Fsp3) is 0.688. The van der Waals surface area contributed by atoms with Crippen LogP contribution in [0.25, 0.3) is 0 Å². The van der Waals surface area contributed by atoms with Crippen molar-refractivity contribution in [2.24, 2.45) is 17.8 Å². The number of halogens is 6.